The molecule has 1 rings (SSSR count). The third kappa shape index (κ3) is 4.54. The molecule has 1 amide bonds. The van der Waals surface area contributed by atoms with E-state index in [0.29, 0.717) is 13.2 Å². The third-order valence-corrected chi connectivity index (χ3v) is 2.29. The maximum absolute atomic E-state index is 11.5. The average molecular weight is 260 g/mol. The molecule has 0 aliphatic rings. The SMILES string of the molecule is COCCCNC(=O)Cn1ccnc(Cl)c1=O. The van der Waals surface area contributed by atoms with Crippen LogP contribution in [0.2, 0.25) is 5.15 Å². The van der Waals surface area contributed by atoms with E-state index >= 15 is 0 Å². The van der Waals surface area contributed by atoms with Gasteiger partial charge in [-0.1, -0.05) is 11.6 Å². The van der Waals surface area contributed by atoms with Crippen LogP contribution in [-0.2, 0) is 16.1 Å². The Morgan fingerprint density at radius 3 is 3.12 bits per heavy atom. The molecule has 17 heavy (non-hydrogen) atoms. The minimum absolute atomic E-state index is 0.0615. The summed E-state index contributed by atoms with van der Waals surface area (Å²) in [5, 5.41) is 2.53. The van der Waals surface area contributed by atoms with Crippen molar-refractivity contribution in [3.63, 3.8) is 0 Å². The number of hydrogen-bond acceptors (Lipinski definition) is 4. The van der Waals surface area contributed by atoms with Crippen LogP contribution in [0.5, 0.6) is 0 Å². The Morgan fingerprint density at radius 1 is 1.65 bits per heavy atom. The molecule has 1 aromatic heterocycles. The van der Waals surface area contributed by atoms with Crippen LogP contribution in [0.25, 0.3) is 0 Å². The van der Waals surface area contributed by atoms with Crippen LogP contribution in [0.4, 0.5) is 0 Å². The predicted molar refractivity (Wildman–Crippen MR) is 63.0 cm³/mol. The van der Waals surface area contributed by atoms with E-state index in [1.807, 2.05) is 0 Å². The van der Waals surface area contributed by atoms with Crippen molar-refractivity contribution in [1.82, 2.24) is 14.9 Å². The molecule has 0 aliphatic carbocycles. The van der Waals surface area contributed by atoms with E-state index < -0.39 is 5.56 Å². The summed E-state index contributed by atoms with van der Waals surface area (Å²) in [6, 6.07) is 0. The molecule has 0 aromatic carbocycles. The van der Waals surface area contributed by atoms with Crippen LogP contribution in [0.3, 0.4) is 0 Å². The lowest BCUT2D eigenvalue weighted by molar-refractivity contribution is -0.121. The van der Waals surface area contributed by atoms with E-state index in [9.17, 15) is 9.59 Å². The standard InChI is InChI=1S/C10H14ClN3O3/c1-17-6-2-3-12-8(15)7-14-5-4-13-9(11)10(14)16/h4-5H,2-3,6-7H2,1H3,(H,12,15). The monoisotopic (exact) mass is 259 g/mol. The summed E-state index contributed by atoms with van der Waals surface area (Å²) in [7, 11) is 1.60. The first-order valence-electron chi connectivity index (χ1n) is 5.11. The minimum Gasteiger partial charge on any atom is -0.385 e. The van der Waals surface area contributed by atoms with E-state index in [1.54, 1.807) is 7.11 Å². The first-order valence-corrected chi connectivity index (χ1v) is 5.49. The molecule has 0 unspecified atom stereocenters. The van der Waals surface area contributed by atoms with Gasteiger partial charge in [-0.05, 0) is 6.42 Å². The van der Waals surface area contributed by atoms with Gasteiger partial charge in [-0.15, -0.1) is 0 Å². The number of halogens is 1. The lowest BCUT2D eigenvalue weighted by Crippen LogP contribution is -2.33. The van der Waals surface area contributed by atoms with Gasteiger partial charge in [0.2, 0.25) is 5.91 Å². The molecule has 0 saturated carbocycles. The highest BCUT2D eigenvalue weighted by Gasteiger charge is 2.06. The smallest absolute Gasteiger partial charge is 0.288 e. The van der Waals surface area contributed by atoms with Crippen LogP contribution in [0.1, 0.15) is 6.42 Å². The van der Waals surface area contributed by atoms with Gasteiger partial charge in [0.1, 0.15) is 6.54 Å². The van der Waals surface area contributed by atoms with Crippen LogP contribution < -0.4 is 10.9 Å². The van der Waals surface area contributed by atoms with Crippen molar-refractivity contribution in [1.29, 1.82) is 0 Å². The largest absolute Gasteiger partial charge is 0.385 e. The van der Waals surface area contributed by atoms with Crippen LogP contribution in [0.15, 0.2) is 17.2 Å². The van der Waals surface area contributed by atoms with Crippen molar-refractivity contribution in [2.45, 2.75) is 13.0 Å². The number of carbonyl (C=O) groups excluding carboxylic acids is 1. The molecule has 1 heterocycles. The molecule has 6 nitrogen and oxygen atoms in total. The number of hydrogen-bond donors (Lipinski definition) is 1. The molecule has 7 heteroatoms. The molecule has 0 atom stereocenters. The normalized spacial score (nSPS) is 10.2. The van der Waals surface area contributed by atoms with Gasteiger partial charge >= 0.3 is 0 Å². The fraction of sp³-hybridized carbons (Fsp3) is 0.500. The molecule has 0 spiro atoms. The molecule has 1 aromatic rings. The van der Waals surface area contributed by atoms with Crippen LogP contribution in [0, 0.1) is 0 Å². The number of amides is 1. The van der Waals surface area contributed by atoms with E-state index in [-0.39, 0.29) is 17.6 Å². The van der Waals surface area contributed by atoms with Gasteiger partial charge in [0.15, 0.2) is 5.15 Å². The molecule has 94 valence electrons. The number of methoxy groups -OCH3 is 1. The first-order chi connectivity index (χ1) is 8.15. The number of rotatable bonds is 6. The molecule has 0 radical (unpaired) electrons. The Hall–Kier alpha value is -1.40. The Labute approximate surface area is 104 Å². The second-order valence-electron chi connectivity index (χ2n) is 3.35. The van der Waals surface area contributed by atoms with Gasteiger partial charge in [0.25, 0.3) is 5.56 Å². The molecule has 0 bridgehead atoms. The second kappa shape index (κ2) is 7.03. The molecular formula is C10H14ClN3O3. The zero-order valence-electron chi connectivity index (χ0n) is 9.48. The number of nitrogens with zero attached hydrogens (tertiary/aromatic N) is 2. The molecule has 0 fully saturated rings. The van der Waals surface area contributed by atoms with Gasteiger partial charge in [0.05, 0.1) is 0 Å². The van der Waals surface area contributed by atoms with Crippen molar-refractivity contribution in [3.05, 3.63) is 27.9 Å². The lowest BCUT2D eigenvalue weighted by atomic mass is 10.4. The van der Waals surface area contributed by atoms with Crippen molar-refractivity contribution < 1.29 is 9.53 Å². The Kier molecular flexibility index (Phi) is 5.65. The van der Waals surface area contributed by atoms with Crippen molar-refractivity contribution in [2.24, 2.45) is 0 Å². The first kappa shape index (κ1) is 13.7. The van der Waals surface area contributed by atoms with E-state index in [4.69, 9.17) is 16.3 Å². The van der Waals surface area contributed by atoms with Crippen LogP contribution in [-0.4, -0.2) is 35.7 Å². The zero-order chi connectivity index (χ0) is 12.7. The average Bonchev–Trinajstić information content (AvgIpc) is 2.31. The number of carbonyl (C=O) groups is 1. The number of aromatic nitrogens is 2. The van der Waals surface area contributed by atoms with Gasteiger partial charge in [0, 0.05) is 32.7 Å². The molecule has 0 saturated heterocycles. The topological polar surface area (TPSA) is 73.2 Å². The maximum Gasteiger partial charge on any atom is 0.288 e. The minimum atomic E-state index is -0.471. The lowest BCUT2D eigenvalue weighted by Gasteiger charge is -2.06. The van der Waals surface area contributed by atoms with Gasteiger partial charge in [-0.2, -0.15) is 0 Å². The highest BCUT2D eigenvalue weighted by molar-refractivity contribution is 6.29. The van der Waals surface area contributed by atoms with Crippen molar-refractivity contribution in [2.75, 3.05) is 20.3 Å². The molecule has 1 N–H and O–H groups in total. The summed E-state index contributed by atoms with van der Waals surface area (Å²) >= 11 is 5.55. The summed E-state index contributed by atoms with van der Waals surface area (Å²) in [5.74, 6) is -0.245. The fourth-order valence-electron chi connectivity index (χ4n) is 1.20. The fourth-order valence-corrected chi connectivity index (χ4v) is 1.37. The van der Waals surface area contributed by atoms with Crippen molar-refractivity contribution >= 4 is 17.5 Å². The summed E-state index contributed by atoms with van der Waals surface area (Å²) in [4.78, 5) is 26.5. The van der Waals surface area contributed by atoms with E-state index in [1.165, 1.54) is 17.0 Å². The quantitative estimate of drug-likeness (QED) is 0.733. The number of nitrogens with one attached hydrogen (secondary N) is 1. The highest BCUT2D eigenvalue weighted by Crippen LogP contribution is 1.93. The van der Waals surface area contributed by atoms with Crippen molar-refractivity contribution in [3.8, 4) is 0 Å². The zero-order valence-corrected chi connectivity index (χ0v) is 10.2. The van der Waals surface area contributed by atoms with E-state index in [0.717, 1.165) is 6.42 Å². The summed E-state index contributed by atoms with van der Waals surface area (Å²) < 4.78 is 6.05. The molecule has 0 aliphatic heterocycles. The summed E-state index contributed by atoms with van der Waals surface area (Å²) in [5.41, 5.74) is -0.471. The van der Waals surface area contributed by atoms with Gasteiger partial charge in [-0.25, -0.2) is 4.98 Å². The summed E-state index contributed by atoms with van der Waals surface area (Å²) in [6.07, 6.45) is 3.53. The number of ether oxygens (including phenoxy) is 1. The van der Waals surface area contributed by atoms with Crippen LogP contribution >= 0.6 is 11.6 Å². The van der Waals surface area contributed by atoms with E-state index in [2.05, 4.69) is 10.3 Å². The predicted octanol–water partition coefficient (Wildman–Crippen LogP) is 0.0494. The Balaban J connectivity index is 2.46. The highest BCUT2D eigenvalue weighted by atomic mass is 35.5. The Bertz CT molecular complexity index is 433. The summed E-state index contributed by atoms with van der Waals surface area (Å²) in [6.45, 7) is 1.04. The third-order valence-electron chi connectivity index (χ3n) is 2.03. The second-order valence-corrected chi connectivity index (χ2v) is 3.71. The van der Waals surface area contributed by atoms with Gasteiger partial charge < -0.3 is 14.6 Å². The Morgan fingerprint density at radius 2 is 2.41 bits per heavy atom. The maximum atomic E-state index is 11.5. The van der Waals surface area contributed by atoms with Gasteiger partial charge in [-0.3, -0.25) is 9.59 Å². The molecular weight excluding hydrogens is 246 g/mol.